The second kappa shape index (κ2) is 9.86. The van der Waals surface area contributed by atoms with Crippen molar-refractivity contribution in [3.63, 3.8) is 0 Å². The van der Waals surface area contributed by atoms with Crippen molar-refractivity contribution >= 4 is 11.6 Å². The standard InChI is InChI=1S/C25H27NO2/c1-2-3-13-25(28)26(23-10-5-4-6-11-23)18-20-14-16-21(17-15-20)24-12-8-7-9-22(24)19-27/h4-12,14-17,27H,2-3,13,18-19H2,1H3. The molecule has 0 saturated carbocycles. The first-order chi connectivity index (χ1) is 13.7. The SMILES string of the molecule is CCCCC(=O)N(Cc1ccc(-c2ccccc2CO)cc1)c1ccccc1. The molecule has 0 atom stereocenters. The van der Waals surface area contributed by atoms with Crippen molar-refractivity contribution < 1.29 is 9.90 Å². The van der Waals surface area contributed by atoms with E-state index in [-0.39, 0.29) is 12.5 Å². The maximum absolute atomic E-state index is 12.8. The summed E-state index contributed by atoms with van der Waals surface area (Å²) in [5, 5.41) is 9.57. The van der Waals surface area contributed by atoms with Crippen molar-refractivity contribution in [1.82, 2.24) is 0 Å². The van der Waals surface area contributed by atoms with Gasteiger partial charge in [-0.15, -0.1) is 0 Å². The summed E-state index contributed by atoms with van der Waals surface area (Å²) in [7, 11) is 0. The molecule has 0 aliphatic carbocycles. The smallest absolute Gasteiger partial charge is 0.227 e. The summed E-state index contributed by atoms with van der Waals surface area (Å²) in [6.45, 7) is 2.67. The number of amides is 1. The number of rotatable bonds is 8. The van der Waals surface area contributed by atoms with Crippen molar-refractivity contribution in [3.05, 3.63) is 90.0 Å². The number of unbranched alkanes of at least 4 members (excludes halogenated alkanes) is 1. The third-order valence-electron chi connectivity index (χ3n) is 4.91. The van der Waals surface area contributed by atoms with E-state index in [1.54, 1.807) is 0 Å². The van der Waals surface area contributed by atoms with E-state index in [4.69, 9.17) is 0 Å². The number of hydrogen-bond donors (Lipinski definition) is 1. The summed E-state index contributed by atoms with van der Waals surface area (Å²) >= 11 is 0. The monoisotopic (exact) mass is 373 g/mol. The number of anilines is 1. The summed E-state index contributed by atoms with van der Waals surface area (Å²) < 4.78 is 0. The van der Waals surface area contributed by atoms with E-state index in [1.807, 2.05) is 59.5 Å². The summed E-state index contributed by atoms with van der Waals surface area (Å²) in [5.41, 5.74) is 5.03. The zero-order valence-corrected chi connectivity index (χ0v) is 16.3. The van der Waals surface area contributed by atoms with Crippen molar-refractivity contribution in [2.24, 2.45) is 0 Å². The Kier molecular flexibility index (Phi) is 6.99. The molecule has 3 rings (SSSR count). The van der Waals surface area contributed by atoms with Crippen LogP contribution in [-0.4, -0.2) is 11.0 Å². The van der Waals surface area contributed by atoms with Crippen LogP contribution >= 0.6 is 0 Å². The number of nitrogens with zero attached hydrogens (tertiary/aromatic N) is 1. The molecule has 0 aromatic heterocycles. The van der Waals surface area contributed by atoms with Crippen LogP contribution in [0.1, 0.15) is 37.3 Å². The molecule has 0 aliphatic rings. The van der Waals surface area contributed by atoms with E-state index in [9.17, 15) is 9.90 Å². The second-order valence-corrected chi connectivity index (χ2v) is 6.93. The number of aliphatic hydroxyl groups is 1. The molecule has 0 saturated heterocycles. The lowest BCUT2D eigenvalue weighted by atomic mass is 9.99. The van der Waals surface area contributed by atoms with Gasteiger partial charge >= 0.3 is 0 Å². The fourth-order valence-corrected chi connectivity index (χ4v) is 3.31. The summed E-state index contributed by atoms with van der Waals surface area (Å²) in [6.07, 6.45) is 2.47. The van der Waals surface area contributed by atoms with Crippen LogP contribution < -0.4 is 4.90 Å². The molecule has 0 radical (unpaired) electrons. The van der Waals surface area contributed by atoms with Crippen LogP contribution in [0.2, 0.25) is 0 Å². The third-order valence-corrected chi connectivity index (χ3v) is 4.91. The van der Waals surface area contributed by atoms with Crippen LogP contribution in [0.4, 0.5) is 5.69 Å². The van der Waals surface area contributed by atoms with E-state index in [1.165, 1.54) is 0 Å². The lowest BCUT2D eigenvalue weighted by molar-refractivity contribution is -0.118. The lowest BCUT2D eigenvalue weighted by Crippen LogP contribution is -2.30. The van der Waals surface area contributed by atoms with Crippen LogP contribution in [0.3, 0.4) is 0 Å². The number of hydrogen-bond acceptors (Lipinski definition) is 2. The molecule has 0 fully saturated rings. The Hall–Kier alpha value is -2.91. The highest BCUT2D eigenvalue weighted by atomic mass is 16.3. The van der Waals surface area contributed by atoms with Crippen LogP contribution in [0.15, 0.2) is 78.9 Å². The van der Waals surface area contributed by atoms with Gasteiger partial charge < -0.3 is 10.0 Å². The third kappa shape index (κ3) is 4.87. The molecular formula is C25H27NO2. The molecule has 144 valence electrons. The predicted molar refractivity (Wildman–Crippen MR) is 115 cm³/mol. The van der Waals surface area contributed by atoms with Gasteiger partial charge in [-0.3, -0.25) is 4.79 Å². The molecular weight excluding hydrogens is 346 g/mol. The average Bonchev–Trinajstić information content (AvgIpc) is 2.76. The quantitative estimate of drug-likeness (QED) is 0.561. The molecule has 0 aliphatic heterocycles. The normalized spacial score (nSPS) is 10.6. The number of benzene rings is 3. The highest BCUT2D eigenvalue weighted by Gasteiger charge is 2.15. The van der Waals surface area contributed by atoms with Gasteiger partial charge in [0.15, 0.2) is 0 Å². The number of para-hydroxylation sites is 1. The van der Waals surface area contributed by atoms with Gasteiger partial charge in [-0.05, 0) is 40.8 Å². The first-order valence-corrected chi connectivity index (χ1v) is 9.86. The van der Waals surface area contributed by atoms with Gasteiger partial charge in [0.2, 0.25) is 5.91 Å². The number of carbonyl (C=O) groups is 1. The lowest BCUT2D eigenvalue weighted by Gasteiger charge is -2.23. The molecule has 0 heterocycles. The largest absolute Gasteiger partial charge is 0.392 e. The van der Waals surface area contributed by atoms with Gasteiger partial charge in [0.05, 0.1) is 13.2 Å². The number of aliphatic hydroxyl groups excluding tert-OH is 1. The molecule has 3 aromatic rings. The highest BCUT2D eigenvalue weighted by molar-refractivity contribution is 5.93. The first-order valence-electron chi connectivity index (χ1n) is 9.86. The highest BCUT2D eigenvalue weighted by Crippen LogP contribution is 2.25. The molecule has 28 heavy (non-hydrogen) atoms. The van der Waals surface area contributed by atoms with Crippen LogP contribution in [0, 0.1) is 0 Å². The van der Waals surface area contributed by atoms with Crippen LogP contribution in [-0.2, 0) is 17.9 Å². The minimum Gasteiger partial charge on any atom is -0.392 e. The Bertz CT molecular complexity index is 888. The Morgan fingerprint density at radius 1 is 0.893 bits per heavy atom. The van der Waals surface area contributed by atoms with E-state index < -0.39 is 0 Å². The van der Waals surface area contributed by atoms with E-state index in [2.05, 4.69) is 31.2 Å². The maximum atomic E-state index is 12.8. The van der Waals surface area contributed by atoms with Crippen LogP contribution in [0.5, 0.6) is 0 Å². The van der Waals surface area contributed by atoms with Gasteiger partial charge in [0.1, 0.15) is 0 Å². The minimum atomic E-state index is 0.0195. The van der Waals surface area contributed by atoms with Crippen molar-refractivity contribution in [2.45, 2.75) is 39.3 Å². The Balaban J connectivity index is 1.82. The number of carbonyl (C=O) groups excluding carboxylic acids is 1. The molecule has 0 spiro atoms. The molecule has 1 amide bonds. The van der Waals surface area contributed by atoms with Gasteiger partial charge in [0, 0.05) is 12.1 Å². The van der Waals surface area contributed by atoms with Crippen molar-refractivity contribution in [2.75, 3.05) is 4.90 Å². The summed E-state index contributed by atoms with van der Waals surface area (Å²) in [4.78, 5) is 14.6. The predicted octanol–water partition coefficient (Wildman–Crippen LogP) is 5.57. The molecule has 1 N–H and O–H groups in total. The molecule has 3 heteroatoms. The van der Waals surface area contributed by atoms with Gasteiger partial charge in [-0.1, -0.05) is 80.1 Å². The van der Waals surface area contributed by atoms with Gasteiger partial charge in [-0.2, -0.15) is 0 Å². The molecule has 3 nitrogen and oxygen atoms in total. The molecule has 0 unspecified atom stereocenters. The average molecular weight is 373 g/mol. The Morgan fingerprint density at radius 3 is 2.25 bits per heavy atom. The van der Waals surface area contributed by atoms with Crippen molar-refractivity contribution in [3.8, 4) is 11.1 Å². The van der Waals surface area contributed by atoms with Crippen molar-refractivity contribution in [1.29, 1.82) is 0 Å². The summed E-state index contributed by atoms with van der Waals surface area (Å²) in [6, 6.07) is 26.0. The summed E-state index contributed by atoms with van der Waals surface area (Å²) in [5.74, 6) is 0.155. The topological polar surface area (TPSA) is 40.5 Å². The molecule has 0 bridgehead atoms. The minimum absolute atomic E-state index is 0.0195. The zero-order chi connectivity index (χ0) is 19.8. The fourth-order valence-electron chi connectivity index (χ4n) is 3.31. The first kappa shape index (κ1) is 19.8. The van der Waals surface area contributed by atoms with Crippen LogP contribution in [0.25, 0.3) is 11.1 Å². The molecule has 3 aromatic carbocycles. The van der Waals surface area contributed by atoms with E-state index >= 15 is 0 Å². The Morgan fingerprint density at radius 2 is 1.57 bits per heavy atom. The fraction of sp³-hybridized carbons (Fsp3) is 0.240. The zero-order valence-electron chi connectivity index (χ0n) is 16.3. The van der Waals surface area contributed by atoms with Gasteiger partial charge in [-0.25, -0.2) is 0 Å². The second-order valence-electron chi connectivity index (χ2n) is 6.93. The van der Waals surface area contributed by atoms with E-state index in [0.717, 1.165) is 40.8 Å². The van der Waals surface area contributed by atoms with E-state index in [0.29, 0.717) is 13.0 Å². The maximum Gasteiger partial charge on any atom is 0.227 e. The Labute approximate surface area is 167 Å². The van der Waals surface area contributed by atoms with Gasteiger partial charge in [0.25, 0.3) is 0 Å².